The molecule has 1 N–H and O–H groups in total. The summed E-state index contributed by atoms with van der Waals surface area (Å²) in [6, 6.07) is 12.4. The Balaban J connectivity index is 1.13. The average Bonchev–Trinajstić information content (AvgIpc) is 3.20. The molecule has 0 fully saturated rings. The van der Waals surface area contributed by atoms with Crippen LogP contribution in [0.3, 0.4) is 0 Å². The van der Waals surface area contributed by atoms with Gasteiger partial charge in [-0.15, -0.1) is 0 Å². The summed E-state index contributed by atoms with van der Waals surface area (Å²) < 4.78 is 29.3. The van der Waals surface area contributed by atoms with Gasteiger partial charge >= 0.3 is 0 Å². The third kappa shape index (κ3) is 6.99. The molecule has 3 heterocycles. The van der Waals surface area contributed by atoms with E-state index in [0.29, 0.717) is 65.3 Å². The largest absolute Gasteiger partial charge is 0.475 e. The van der Waals surface area contributed by atoms with Crippen LogP contribution in [0.5, 0.6) is 5.88 Å². The molecule has 192 valence electrons. The lowest BCUT2D eigenvalue weighted by atomic mass is 10.1. The van der Waals surface area contributed by atoms with Gasteiger partial charge in [0, 0.05) is 53.6 Å². The summed E-state index contributed by atoms with van der Waals surface area (Å²) in [6.45, 7) is 4.18. The number of benzene rings is 1. The van der Waals surface area contributed by atoms with Crippen molar-refractivity contribution in [2.45, 2.75) is 0 Å². The van der Waals surface area contributed by atoms with Crippen LogP contribution in [0.4, 0.5) is 0 Å². The van der Waals surface area contributed by atoms with Crippen LogP contribution >= 0.6 is 0 Å². The standard InChI is InChI=1S/C27H33N3O6/c1-30-25-6-7-28-20-24(25)23-4-2-21(18-26(23)30)22-3-5-27(29-19-22)36-17-16-35-15-14-34-13-12-33-11-10-32-9-8-31/h2-7,18-20,31H,8-17H2,1H3. The molecule has 1 aromatic carbocycles. The van der Waals surface area contributed by atoms with Crippen molar-refractivity contribution in [3.05, 3.63) is 55.0 Å². The van der Waals surface area contributed by atoms with Gasteiger partial charge in [0.25, 0.3) is 0 Å². The fourth-order valence-electron chi connectivity index (χ4n) is 3.90. The molecule has 0 spiro atoms. The van der Waals surface area contributed by atoms with Crippen LogP contribution in [0.15, 0.2) is 55.0 Å². The van der Waals surface area contributed by atoms with Crippen LogP contribution in [0.1, 0.15) is 0 Å². The van der Waals surface area contributed by atoms with Crippen molar-refractivity contribution in [1.29, 1.82) is 0 Å². The third-order valence-electron chi connectivity index (χ3n) is 5.71. The second-order valence-corrected chi connectivity index (χ2v) is 8.09. The molecule has 4 rings (SSSR count). The smallest absolute Gasteiger partial charge is 0.213 e. The maximum absolute atomic E-state index is 8.59. The molecule has 0 atom stereocenters. The summed E-state index contributed by atoms with van der Waals surface area (Å²) in [7, 11) is 2.08. The van der Waals surface area contributed by atoms with E-state index in [0.717, 1.165) is 22.0 Å². The highest BCUT2D eigenvalue weighted by atomic mass is 16.6. The SMILES string of the molecule is Cn1c2ccncc2c2ccc(-c3ccc(OCCOCCOCCOCCOCCO)nc3)cc21. The van der Waals surface area contributed by atoms with E-state index in [1.54, 1.807) is 0 Å². The lowest BCUT2D eigenvalue weighted by molar-refractivity contribution is -0.00789. The van der Waals surface area contributed by atoms with Crippen LogP contribution in [0.25, 0.3) is 32.9 Å². The number of rotatable bonds is 16. The summed E-state index contributed by atoms with van der Waals surface area (Å²) in [6.07, 6.45) is 5.57. The Morgan fingerprint density at radius 3 is 2.03 bits per heavy atom. The van der Waals surface area contributed by atoms with Gasteiger partial charge in [-0.3, -0.25) is 4.98 Å². The lowest BCUT2D eigenvalue weighted by Gasteiger charge is -2.09. The van der Waals surface area contributed by atoms with Crippen molar-refractivity contribution in [2.24, 2.45) is 7.05 Å². The Labute approximate surface area is 210 Å². The van der Waals surface area contributed by atoms with Crippen molar-refractivity contribution in [3.8, 4) is 17.0 Å². The van der Waals surface area contributed by atoms with Crippen molar-refractivity contribution < 1.29 is 28.8 Å². The number of aromatic nitrogens is 3. The molecule has 0 aliphatic rings. The molecule has 0 aliphatic carbocycles. The van der Waals surface area contributed by atoms with Gasteiger partial charge in [-0.05, 0) is 23.8 Å². The fraction of sp³-hybridized carbons (Fsp3) is 0.407. The maximum atomic E-state index is 8.59. The molecule has 0 amide bonds. The molecule has 0 aliphatic heterocycles. The first-order chi connectivity index (χ1) is 17.8. The normalized spacial score (nSPS) is 11.5. The van der Waals surface area contributed by atoms with Gasteiger partial charge in [-0.2, -0.15) is 0 Å². The minimum absolute atomic E-state index is 0.0273. The van der Waals surface area contributed by atoms with E-state index in [9.17, 15) is 0 Å². The van der Waals surface area contributed by atoms with E-state index in [1.807, 2.05) is 36.8 Å². The number of hydrogen-bond acceptors (Lipinski definition) is 8. The molecule has 36 heavy (non-hydrogen) atoms. The Bertz CT molecular complexity index is 1210. The van der Waals surface area contributed by atoms with Crippen molar-refractivity contribution in [3.63, 3.8) is 0 Å². The van der Waals surface area contributed by atoms with E-state index >= 15 is 0 Å². The first kappa shape index (κ1) is 26.0. The molecule has 0 bridgehead atoms. The number of fused-ring (bicyclic) bond motifs is 3. The second kappa shape index (κ2) is 13.9. The van der Waals surface area contributed by atoms with Gasteiger partial charge in [-0.25, -0.2) is 4.98 Å². The van der Waals surface area contributed by atoms with Crippen LogP contribution in [-0.2, 0) is 26.0 Å². The molecule has 0 saturated heterocycles. The van der Waals surface area contributed by atoms with Gasteiger partial charge in [-0.1, -0.05) is 12.1 Å². The fourth-order valence-corrected chi connectivity index (χ4v) is 3.90. The first-order valence-electron chi connectivity index (χ1n) is 12.1. The summed E-state index contributed by atoms with van der Waals surface area (Å²) in [5.41, 5.74) is 4.46. The summed E-state index contributed by atoms with van der Waals surface area (Å²) >= 11 is 0. The van der Waals surface area contributed by atoms with E-state index < -0.39 is 0 Å². The number of aliphatic hydroxyl groups is 1. The maximum Gasteiger partial charge on any atom is 0.213 e. The lowest BCUT2D eigenvalue weighted by Crippen LogP contribution is -2.14. The predicted molar refractivity (Wildman–Crippen MR) is 137 cm³/mol. The molecule has 0 saturated carbocycles. The third-order valence-corrected chi connectivity index (χ3v) is 5.71. The molecule has 0 unspecified atom stereocenters. The molecule has 9 nitrogen and oxygen atoms in total. The molecule has 4 aromatic rings. The molecule has 3 aromatic heterocycles. The Morgan fingerprint density at radius 2 is 1.36 bits per heavy atom. The average molecular weight is 496 g/mol. The van der Waals surface area contributed by atoms with Crippen LogP contribution in [0, 0.1) is 0 Å². The number of ether oxygens (including phenoxy) is 5. The van der Waals surface area contributed by atoms with Crippen LogP contribution in [0.2, 0.25) is 0 Å². The zero-order valence-corrected chi connectivity index (χ0v) is 20.6. The second-order valence-electron chi connectivity index (χ2n) is 8.09. The number of aryl methyl sites for hydroxylation is 1. The quantitative estimate of drug-likeness (QED) is 0.237. The molecule has 0 radical (unpaired) electrons. The monoisotopic (exact) mass is 495 g/mol. The van der Waals surface area contributed by atoms with Gasteiger partial charge in [0.05, 0.1) is 65.0 Å². The predicted octanol–water partition coefficient (Wildman–Crippen LogP) is 3.23. The van der Waals surface area contributed by atoms with Gasteiger partial charge in [0.2, 0.25) is 5.88 Å². The van der Waals surface area contributed by atoms with E-state index in [1.165, 1.54) is 10.9 Å². The van der Waals surface area contributed by atoms with Crippen LogP contribution in [-0.4, -0.2) is 85.7 Å². The minimum Gasteiger partial charge on any atom is -0.475 e. The Morgan fingerprint density at radius 1 is 0.694 bits per heavy atom. The summed E-state index contributed by atoms with van der Waals surface area (Å²) in [5.74, 6) is 0.565. The number of aliphatic hydroxyl groups excluding tert-OH is 1. The number of nitrogens with zero attached hydrogens (tertiary/aromatic N) is 3. The van der Waals surface area contributed by atoms with Crippen molar-refractivity contribution in [1.82, 2.24) is 14.5 Å². The Kier molecular flexibility index (Phi) is 10.0. The van der Waals surface area contributed by atoms with E-state index in [4.69, 9.17) is 28.8 Å². The van der Waals surface area contributed by atoms with Gasteiger partial charge < -0.3 is 33.4 Å². The summed E-state index contributed by atoms with van der Waals surface area (Å²) in [4.78, 5) is 8.71. The van der Waals surface area contributed by atoms with E-state index in [2.05, 4.69) is 39.8 Å². The number of hydrogen-bond donors (Lipinski definition) is 1. The highest BCUT2D eigenvalue weighted by Crippen LogP contribution is 2.31. The molecular formula is C27H33N3O6. The zero-order valence-electron chi connectivity index (χ0n) is 20.6. The molecule has 9 heteroatoms. The molecular weight excluding hydrogens is 462 g/mol. The van der Waals surface area contributed by atoms with E-state index in [-0.39, 0.29) is 6.61 Å². The topological polar surface area (TPSA) is 97.1 Å². The van der Waals surface area contributed by atoms with Gasteiger partial charge in [0.15, 0.2) is 0 Å². The number of pyridine rings is 2. The minimum atomic E-state index is 0.0273. The highest BCUT2D eigenvalue weighted by Gasteiger charge is 2.09. The van der Waals surface area contributed by atoms with Gasteiger partial charge in [0.1, 0.15) is 6.61 Å². The highest BCUT2D eigenvalue weighted by molar-refractivity contribution is 6.08. The first-order valence-corrected chi connectivity index (χ1v) is 12.1. The van der Waals surface area contributed by atoms with Crippen molar-refractivity contribution in [2.75, 3.05) is 66.1 Å². The Hall–Kier alpha value is -3.08. The van der Waals surface area contributed by atoms with Crippen molar-refractivity contribution >= 4 is 21.8 Å². The zero-order chi connectivity index (χ0) is 25.0. The summed E-state index contributed by atoms with van der Waals surface area (Å²) in [5, 5.41) is 10.9. The van der Waals surface area contributed by atoms with Crippen LogP contribution < -0.4 is 4.74 Å².